The van der Waals surface area contributed by atoms with Crippen molar-refractivity contribution in [1.29, 1.82) is 0 Å². The van der Waals surface area contributed by atoms with Crippen molar-refractivity contribution in [2.24, 2.45) is 0 Å². The molecule has 144 valence electrons. The third-order valence-electron chi connectivity index (χ3n) is 3.50. The van der Waals surface area contributed by atoms with E-state index in [1.54, 1.807) is 32.9 Å². The normalized spacial score (nSPS) is 12.0. The summed E-state index contributed by atoms with van der Waals surface area (Å²) in [5.74, 6) is 0.0809. The molecule has 0 aliphatic rings. The van der Waals surface area contributed by atoms with E-state index in [4.69, 9.17) is 9.47 Å². The molecule has 0 bridgehead atoms. The van der Waals surface area contributed by atoms with E-state index in [0.717, 1.165) is 5.56 Å². The van der Waals surface area contributed by atoms with Gasteiger partial charge in [0.2, 0.25) is 11.8 Å². The van der Waals surface area contributed by atoms with Crippen molar-refractivity contribution in [1.82, 2.24) is 10.3 Å². The number of benzene rings is 1. The number of methoxy groups -OCH3 is 1. The molecule has 0 radical (unpaired) electrons. The highest BCUT2D eigenvalue weighted by atomic mass is 16.6. The van der Waals surface area contributed by atoms with E-state index >= 15 is 0 Å². The number of hydrogen-bond donors (Lipinski definition) is 2. The van der Waals surface area contributed by atoms with E-state index in [1.807, 2.05) is 30.3 Å². The van der Waals surface area contributed by atoms with Crippen molar-refractivity contribution in [3.63, 3.8) is 0 Å². The number of carbonyl (C=O) groups is 2. The van der Waals surface area contributed by atoms with Crippen molar-refractivity contribution in [3.05, 3.63) is 54.2 Å². The van der Waals surface area contributed by atoms with Crippen LogP contribution >= 0.6 is 0 Å². The Morgan fingerprint density at radius 2 is 1.81 bits per heavy atom. The van der Waals surface area contributed by atoms with Gasteiger partial charge >= 0.3 is 6.09 Å². The van der Waals surface area contributed by atoms with Crippen LogP contribution < -0.4 is 15.4 Å². The lowest BCUT2D eigenvalue weighted by Crippen LogP contribution is -2.47. The smallest absolute Gasteiger partial charge is 0.408 e. The molecule has 2 aromatic rings. The van der Waals surface area contributed by atoms with Crippen LogP contribution in [0, 0.1) is 0 Å². The standard InChI is InChI=1S/C20H25N3O4/c1-20(2,3)27-19(25)23-16(12-14-8-6-5-7-9-14)18(24)22-15-10-11-17(26-4)21-13-15/h5-11,13,16H,12H2,1-4H3,(H,22,24)(H,23,25). The Kier molecular flexibility index (Phi) is 6.76. The number of aromatic nitrogens is 1. The molecule has 0 aliphatic heterocycles. The molecule has 0 fully saturated rings. The Balaban J connectivity index is 2.11. The summed E-state index contributed by atoms with van der Waals surface area (Å²) >= 11 is 0. The van der Waals surface area contributed by atoms with Gasteiger partial charge in [0, 0.05) is 12.5 Å². The summed E-state index contributed by atoms with van der Waals surface area (Å²) in [5.41, 5.74) is 0.768. The van der Waals surface area contributed by atoms with Crippen LogP contribution in [0.5, 0.6) is 5.88 Å². The van der Waals surface area contributed by atoms with Crippen molar-refractivity contribution >= 4 is 17.7 Å². The maximum absolute atomic E-state index is 12.7. The Morgan fingerprint density at radius 1 is 1.11 bits per heavy atom. The molecule has 2 rings (SSSR count). The molecule has 1 unspecified atom stereocenters. The van der Waals surface area contributed by atoms with Crippen LogP contribution in [0.25, 0.3) is 0 Å². The monoisotopic (exact) mass is 371 g/mol. The maximum Gasteiger partial charge on any atom is 0.408 e. The first-order chi connectivity index (χ1) is 12.8. The maximum atomic E-state index is 12.7. The average Bonchev–Trinajstić information content (AvgIpc) is 2.61. The molecular weight excluding hydrogens is 346 g/mol. The third kappa shape index (κ3) is 6.97. The van der Waals surface area contributed by atoms with E-state index in [-0.39, 0.29) is 5.91 Å². The molecule has 1 aromatic carbocycles. The minimum absolute atomic E-state index is 0.329. The number of carbonyl (C=O) groups excluding carboxylic acids is 2. The predicted molar refractivity (Wildman–Crippen MR) is 103 cm³/mol. The van der Waals surface area contributed by atoms with Crippen LogP contribution in [-0.2, 0) is 16.0 Å². The van der Waals surface area contributed by atoms with Gasteiger partial charge in [0.1, 0.15) is 11.6 Å². The molecule has 1 atom stereocenters. The highest BCUT2D eigenvalue weighted by Gasteiger charge is 2.25. The molecule has 7 nitrogen and oxygen atoms in total. The van der Waals surface area contributed by atoms with Crippen LogP contribution in [0.3, 0.4) is 0 Å². The second-order valence-corrected chi connectivity index (χ2v) is 6.97. The van der Waals surface area contributed by atoms with E-state index in [9.17, 15) is 9.59 Å². The molecule has 0 saturated heterocycles. The molecule has 0 spiro atoms. The molecule has 7 heteroatoms. The largest absolute Gasteiger partial charge is 0.481 e. The zero-order valence-electron chi connectivity index (χ0n) is 16.0. The summed E-state index contributed by atoms with van der Waals surface area (Å²) in [4.78, 5) is 28.9. The fourth-order valence-electron chi connectivity index (χ4n) is 2.31. The van der Waals surface area contributed by atoms with Gasteiger partial charge in [-0.05, 0) is 32.4 Å². The summed E-state index contributed by atoms with van der Waals surface area (Å²) in [5, 5.41) is 5.40. The Hall–Kier alpha value is -3.09. The van der Waals surface area contributed by atoms with Crippen molar-refractivity contribution in [3.8, 4) is 5.88 Å². The number of nitrogens with one attached hydrogen (secondary N) is 2. The van der Waals surface area contributed by atoms with Gasteiger partial charge < -0.3 is 20.1 Å². The number of rotatable bonds is 6. The van der Waals surface area contributed by atoms with Crippen LogP contribution in [0.15, 0.2) is 48.7 Å². The van der Waals surface area contributed by atoms with Gasteiger partial charge in [-0.2, -0.15) is 0 Å². The van der Waals surface area contributed by atoms with Gasteiger partial charge in [-0.1, -0.05) is 30.3 Å². The minimum Gasteiger partial charge on any atom is -0.481 e. The average molecular weight is 371 g/mol. The zero-order valence-corrected chi connectivity index (χ0v) is 16.0. The first-order valence-electron chi connectivity index (χ1n) is 8.61. The van der Waals surface area contributed by atoms with E-state index in [1.165, 1.54) is 13.3 Å². The molecule has 2 amide bonds. The summed E-state index contributed by atoms with van der Waals surface area (Å²) in [6, 6.07) is 12.0. The fraction of sp³-hybridized carbons (Fsp3) is 0.350. The molecule has 27 heavy (non-hydrogen) atoms. The topological polar surface area (TPSA) is 89.6 Å². The van der Waals surface area contributed by atoms with Gasteiger partial charge in [-0.25, -0.2) is 9.78 Å². The number of alkyl carbamates (subject to hydrolysis) is 1. The lowest BCUT2D eigenvalue weighted by Gasteiger charge is -2.23. The van der Waals surface area contributed by atoms with Crippen LogP contribution in [0.2, 0.25) is 0 Å². The Labute approximate surface area is 159 Å². The van der Waals surface area contributed by atoms with Gasteiger partial charge in [-0.15, -0.1) is 0 Å². The van der Waals surface area contributed by atoms with Gasteiger partial charge in [0.05, 0.1) is 19.0 Å². The fourth-order valence-corrected chi connectivity index (χ4v) is 2.31. The number of nitrogens with zero attached hydrogens (tertiary/aromatic N) is 1. The lowest BCUT2D eigenvalue weighted by molar-refractivity contribution is -0.118. The molecule has 0 aliphatic carbocycles. The highest BCUT2D eigenvalue weighted by molar-refractivity contribution is 5.96. The number of pyridine rings is 1. The summed E-state index contributed by atoms with van der Waals surface area (Å²) < 4.78 is 10.3. The molecule has 1 heterocycles. The molecule has 1 aromatic heterocycles. The SMILES string of the molecule is COc1ccc(NC(=O)C(Cc2ccccc2)NC(=O)OC(C)(C)C)cn1. The second-order valence-electron chi connectivity index (χ2n) is 6.97. The number of amides is 2. The molecule has 0 saturated carbocycles. The summed E-state index contributed by atoms with van der Waals surface area (Å²) in [7, 11) is 1.52. The summed E-state index contributed by atoms with van der Waals surface area (Å²) in [6.45, 7) is 5.30. The lowest BCUT2D eigenvalue weighted by atomic mass is 10.1. The third-order valence-corrected chi connectivity index (χ3v) is 3.50. The number of hydrogen-bond acceptors (Lipinski definition) is 5. The van der Waals surface area contributed by atoms with Crippen molar-refractivity contribution in [2.75, 3.05) is 12.4 Å². The predicted octanol–water partition coefficient (Wildman–Crippen LogP) is 3.16. The second kappa shape index (κ2) is 9.02. The van der Waals surface area contributed by atoms with Crippen LogP contribution in [-0.4, -0.2) is 35.7 Å². The quantitative estimate of drug-likeness (QED) is 0.814. The van der Waals surface area contributed by atoms with Gasteiger partial charge in [-0.3, -0.25) is 4.79 Å². The van der Waals surface area contributed by atoms with Crippen molar-refractivity contribution in [2.45, 2.75) is 38.8 Å². The molecule has 2 N–H and O–H groups in total. The van der Waals surface area contributed by atoms with Gasteiger partial charge in [0.25, 0.3) is 0 Å². The number of ether oxygens (including phenoxy) is 2. The van der Waals surface area contributed by atoms with E-state index < -0.39 is 17.7 Å². The molecular formula is C20H25N3O4. The van der Waals surface area contributed by atoms with Crippen LogP contribution in [0.1, 0.15) is 26.3 Å². The number of anilines is 1. The Morgan fingerprint density at radius 3 is 2.37 bits per heavy atom. The van der Waals surface area contributed by atoms with Crippen LogP contribution in [0.4, 0.5) is 10.5 Å². The highest BCUT2D eigenvalue weighted by Crippen LogP contribution is 2.13. The Bertz CT molecular complexity index is 755. The zero-order chi connectivity index (χ0) is 19.9. The van der Waals surface area contributed by atoms with E-state index in [2.05, 4.69) is 15.6 Å². The summed E-state index contributed by atoms with van der Waals surface area (Å²) in [6.07, 6.45) is 1.17. The first kappa shape index (κ1) is 20.2. The van der Waals surface area contributed by atoms with E-state index in [0.29, 0.717) is 18.0 Å². The van der Waals surface area contributed by atoms with Crippen molar-refractivity contribution < 1.29 is 19.1 Å². The van der Waals surface area contributed by atoms with Gasteiger partial charge in [0.15, 0.2) is 0 Å². The minimum atomic E-state index is -0.802. The first-order valence-corrected chi connectivity index (χ1v) is 8.61.